The average Bonchev–Trinajstić information content (AvgIpc) is 2.86. The molecule has 2 aromatic rings. The molecule has 1 aliphatic heterocycles. The zero-order chi connectivity index (χ0) is 25.2. The van der Waals surface area contributed by atoms with Gasteiger partial charge in [-0.2, -0.15) is 0 Å². The zero-order valence-electron chi connectivity index (χ0n) is 21.4. The van der Waals surface area contributed by atoms with Crippen molar-refractivity contribution in [1.29, 1.82) is 0 Å². The summed E-state index contributed by atoms with van der Waals surface area (Å²) in [4.78, 5) is 27.9. The summed E-state index contributed by atoms with van der Waals surface area (Å²) in [5, 5.41) is 5.84. The summed E-state index contributed by atoms with van der Waals surface area (Å²) < 4.78 is 11.4. The number of rotatable bonds is 11. The number of aryl methyl sites for hydroxylation is 1. The summed E-state index contributed by atoms with van der Waals surface area (Å²) in [5.41, 5.74) is 2.57. The first-order chi connectivity index (χ1) is 16.8. The first kappa shape index (κ1) is 26.7. The Hall–Kier alpha value is -2.90. The molecule has 1 heterocycles. The van der Waals surface area contributed by atoms with Crippen molar-refractivity contribution in [3.8, 4) is 5.75 Å². The fourth-order valence-electron chi connectivity index (χ4n) is 4.12. The highest BCUT2D eigenvalue weighted by Gasteiger charge is 2.24. The van der Waals surface area contributed by atoms with Gasteiger partial charge in [0.2, 0.25) is 5.91 Å². The van der Waals surface area contributed by atoms with E-state index in [0.29, 0.717) is 24.8 Å². The van der Waals surface area contributed by atoms with E-state index in [2.05, 4.69) is 22.6 Å². The van der Waals surface area contributed by atoms with Gasteiger partial charge < -0.3 is 20.1 Å². The van der Waals surface area contributed by atoms with Gasteiger partial charge in [-0.15, -0.1) is 0 Å². The third kappa shape index (κ3) is 8.37. The average molecular weight is 482 g/mol. The lowest BCUT2D eigenvalue weighted by Gasteiger charge is -2.31. The topological polar surface area (TPSA) is 79.9 Å². The molecule has 2 amide bonds. The minimum atomic E-state index is -0.621. The molecule has 0 aromatic heterocycles. The first-order valence-corrected chi connectivity index (χ1v) is 12.5. The van der Waals surface area contributed by atoms with E-state index in [1.54, 1.807) is 12.1 Å². The summed E-state index contributed by atoms with van der Waals surface area (Å²) in [7, 11) is 2.13. The van der Waals surface area contributed by atoms with E-state index in [1.165, 1.54) is 0 Å². The number of amides is 2. The number of nitrogens with one attached hydrogen (secondary N) is 2. The molecule has 190 valence electrons. The van der Waals surface area contributed by atoms with Gasteiger partial charge in [-0.25, -0.2) is 0 Å². The third-order valence-electron chi connectivity index (χ3n) is 6.44. The Labute approximate surface area is 209 Å². The van der Waals surface area contributed by atoms with Gasteiger partial charge >= 0.3 is 0 Å². The number of hydrogen-bond donors (Lipinski definition) is 2. The molecule has 2 N–H and O–H groups in total. The summed E-state index contributed by atoms with van der Waals surface area (Å²) in [5.74, 6) is 0.279. The van der Waals surface area contributed by atoms with Crippen LogP contribution in [0.5, 0.6) is 5.75 Å². The van der Waals surface area contributed by atoms with Crippen molar-refractivity contribution in [2.75, 3.05) is 33.4 Å². The maximum absolute atomic E-state index is 12.9. The molecule has 1 atom stereocenters. The number of carbonyl (C=O) groups excluding carboxylic acids is 2. The second-order valence-electron chi connectivity index (χ2n) is 9.60. The molecular formula is C28H39N3O4. The molecule has 0 saturated carbocycles. The third-order valence-corrected chi connectivity index (χ3v) is 6.44. The van der Waals surface area contributed by atoms with E-state index >= 15 is 0 Å². The Balaban J connectivity index is 1.48. The van der Waals surface area contributed by atoms with Crippen LogP contribution in [0.1, 0.15) is 48.2 Å². The standard InChI is InChI=1S/C28H39N3O4/c1-20(2)26(30-27(32)23-10-8-21(3)9-11-23)28(33)29-19-22-6-5-7-25(18-22)35-17-14-31(4)24-12-15-34-16-13-24/h5-11,18,20,24,26H,12-17,19H2,1-4H3,(H,29,33)(H,30,32). The minimum Gasteiger partial charge on any atom is -0.492 e. The molecule has 1 fully saturated rings. The molecular weight excluding hydrogens is 442 g/mol. The number of carbonyl (C=O) groups is 2. The van der Waals surface area contributed by atoms with Gasteiger partial charge in [-0.1, -0.05) is 43.7 Å². The van der Waals surface area contributed by atoms with Crippen LogP contribution in [0.2, 0.25) is 0 Å². The van der Waals surface area contributed by atoms with Crippen LogP contribution in [0.15, 0.2) is 48.5 Å². The lowest BCUT2D eigenvalue weighted by molar-refractivity contribution is -0.124. The number of nitrogens with zero attached hydrogens (tertiary/aromatic N) is 1. The smallest absolute Gasteiger partial charge is 0.251 e. The highest BCUT2D eigenvalue weighted by molar-refractivity contribution is 5.97. The normalized spacial score (nSPS) is 15.1. The number of ether oxygens (including phenoxy) is 2. The molecule has 2 aromatic carbocycles. The fourth-order valence-corrected chi connectivity index (χ4v) is 4.12. The molecule has 7 nitrogen and oxygen atoms in total. The van der Waals surface area contributed by atoms with E-state index in [-0.39, 0.29) is 17.7 Å². The highest BCUT2D eigenvalue weighted by atomic mass is 16.5. The molecule has 0 spiro atoms. The van der Waals surface area contributed by atoms with Crippen LogP contribution in [0.4, 0.5) is 0 Å². The molecule has 3 rings (SSSR count). The van der Waals surface area contributed by atoms with Crippen LogP contribution < -0.4 is 15.4 Å². The van der Waals surface area contributed by atoms with Crippen molar-refractivity contribution in [3.05, 3.63) is 65.2 Å². The zero-order valence-corrected chi connectivity index (χ0v) is 21.4. The maximum Gasteiger partial charge on any atom is 0.251 e. The Bertz CT molecular complexity index is 955. The van der Waals surface area contributed by atoms with Gasteiger partial charge in [-0.05, 0) is 62.6 Å². The molecule has 7 heteroatoms. The molecule has 1 saturated heterocycles. The van der Waals surface area contributed by atoms with Crippen molar-refractivity contribution in [3.63, 3.8) is 0 Å². The van der Waals surface area contributed by atoms with Gasteiger partial charge in [0, 0.05) is 37.9 Å². The van der Waals surface area contributed by atoms with Crippen LogP contribution in [0, 0.1) is 12.8 Å². The van der Waals surface area contributed by atoms with Gasteiger partial charge in [0.15, 0.2) is 0 Å². The van der Waals surface area contributed by atoms with Crippen LogP contribution >= 0.6 is 0 Å². The Morgan fingerprint density at radius 3 is 2.51 bits per heavy atom. The second kappa shape index (κ2) is 13.3. The van der Waals surface area contributed by atoms with E-state index < -0.39 is 6.04 Å². The summed E-state index contributed by atoms with van der Waals surface area (Å²) in [6.45, 7) is 9.29. The van der Waals surface area contributed by atoms with Crippen LogP contribution in [-0.2, 0) is 16.1 Å². The van der Waals surface area contributed by atoms with Crippen molar-refractivity contribution >= 4 is 11.8 Å². The molecule has 35 heavy (non-hydrogen) atoms. The van der Waals surface area contributed by atoms with Crippen molar-refractivity contribution in [1.82, 2.24) is 15.5 Å². The van der Waals surface area contributed by atoms with Crippen molar-refractivity contribution in [2.45, 2.75) is 52.2 Å². The van der Waals surface area contributed by atoms with Crippen LogP contribution in [0.3, 0.4) is 0 Å². The van der Waals surface area contributed by atoms with Crippen LogP contribution in [0.25, 0.3) is 0 Å². The lowest BCUT2D eigenvalue weighted by Crippen LogP contribution is -2.49. The lowest BCUT2D eigenvalue weighted by atomic mass is 10.0. The molecule has 1 aliphatic rings. The minimum absolute atomic E-state index is 0.0493. The van der Waals surface area contributed by atoms with Gasteiger partial charge in [0.25, 0.3) is 5.91 Å². The largest absolute Gasteiger partial charge is 0.492 e. The molecule has 0 bridgehead atoms. The van der Waals surface area contributed by atoms with E-state index in [4.69, 9.17) is 9.47 Å². The summed E-state index contributed by atoms with van der Waals surface area (Å²) in [6.07, 6.45) is 2.13. The Morgan fingerprint density at radius 1 is 1.11 bits per heavy atom. The Kier molecular flexibility index (Phi) is 10.1. The second-order valence-corrected chi connectivity index (χ2v) is 9.60. The number of hydrogen-bond acceptors (Lipinski definition) is 5. The van der Waals surface area contributed by atoms with Crippen LogP contribution in [-0.4, -0.2) is 62.2 Å². The highest BCUT2D eigenvalue weighted by Crippen LogP contribution is 2.15. The molecule has 1 unspecified atom stereocenters. The maximum atomic E-state index is 12.9. The Morgan fingerprint density at radius 2 is 1.83 bits per heavy atom. The van der Waals surface area contributed by atoms with Crippen molar-refractivity contribution in [2.24, 2.45) is 5.92 Å². The first-order valence-electron chi connectivity index (χ1n) is 12.5. The molecule has 0 aliphatic carbocycles. The van der Waals surface area contributed by atoms with E-state index in [9.17, 15) is 9.59 Å². The SMILES string of the molecule is Cc1ccc(C(=O)NC(C(=O)NCc2cccc(OCCN(C)C3CCOCC3)c2)C(C)C)cc1. The van der Waals surface area contributed by atoms with E-state index in [1.807, 2.05) is 57.2 Å². The monoisotopic (exact) mass is 481 g/mol. The summed E-state index contributed by atoms with van der Waals surface area (Å²) in [6, 6.07) is 15.0. The number of benzene rings is 2. The van der Waals surface area contributed by atoms with Gasteiger partial charge in [0.1, 0.15) is 18.4 Å². The predicted octanol–water partition coefficient (Wildman–Crippen LogP) is 3.56. The van der Waals surface area contributed by atoms with E-state index in [0.717, 1.165) is 49.5 Å². The number of likely N-dealkylation sites (N-methyl/N-ethyl adjacent to an activating group) is 1. The van der Waals surface area contributed by atoms with Gasteiger partial charge in [-0.3, -0.25) is 14.5 Å². The predicted molar refractivity (Wildman–Crippen MR) is 138 cm³/mol. The fraction of sp³-hybridized carbons (Fsp3) is 0.500. The van der Waals surface area contributed by atoms with Gasteiger partial charge in [0.05, 0.1) is 0 Å². The quantitative estimate of drug-likeness (QED) is 0.513. The molecule has 0 radical (unpaired) electrons. The summed E-state index contributed by atoms with van der Waals surface area (Å²) >= 11 is 0. The van der Waals surface area contributed by atoms with Crippen molar-refractivity contribution < 1.29 is 19.1 Å².